The van der Waals surface area contributed by atoms with Crippen LogP contribution in [0.25, 0.3) is 0 Å². The van der Waals surface area contributed by atoms with Crippen LogP contribution in [0.1, 0.15) is 11.1 Å². The minimum atomic E-state index is -0.692. The SMILES string of the molecule is COC(=O)C(=[C-]c1ccccc1)C(=[C-]c1ccccc1)C(=O)OC.[CH]1C=CC=C1.[Co+2].c1ccc(P(c2ccccc2)c2ccccc2)cc1. The van der Waals surface area contributed by atoms with E-state index in [1.54, 1.807) is 48.5 Å². The second-order valence-corrected chi connectivity index (χ2v) is 12.2. The number of allylic oxidation sites excluding steroid dienone is 4. The predicted octanol–water partition coefficient (Wildman–Crippen LogP) is 7.65. The van der Waals surface area contributed by atoms with E-state index in [-0.39, 0.29) is 27.9 Å². The smallest absolute Gasteiger partial charge is 0.506 e. The number of hydrogen-bond acceptors (Lipinski definition) is 4. The molecule has 6 heteroatoms. The number of ether oxygens (including phenoxy) is 2. The van der Waals surface area contributed by atoms with Gasteiger partial charge in [0.1, 0.15) is 0 Å². The summed E-state index contributed by atoms with van der Waals surface area (Å²) in [6.45, 7) is 0. The molecule has 0 spiro atoms. The maximum atomic E-state index is 12.2. The monoisotopic (exact) mass is 706 g/mol. The molecule has 49 heavy (non-hydrogen) atoms. The Hall–Kier alpha value is -5.06. The number of hydrogen-bond donors (Lipinski definition) is 0. The van der Waals surface area contributed by atoms with E-state index >= 15 is 0 Å². The van der Waals surface area contributed by atoms with Gasteiger partial charge in [-0.25, -0.2) is 0 Å². The van der Waals surface area contributed by atoms with Gasteiger partial charge in [-0.05, 0) is 23.8 Å². The molecule has 0 saturated carbocycles. The van der Waals surface area contributed by atoms with Gasteiger partial charge in [0.05, 0.1) is 14.2 Å². The number of carbonyl (C=O) groups is 2. The van der Waals surface area contributed by atoms with Gasteiger partial charge in [0, 0.05) is 6.42 Å². The fourth-order valence-corrected chi connectivity index (χ4v) is 6.77. The summed E-state index contributed by atoms with van der Waals surface area (Å²) in [5, 5.41) is 4.19. The average Bonchev–Trinajstić information content (AvgIpc) is 3.76. The zero-order valence-corrected chi connectivity index (χ0v) is 29.2. The second-order valence-electron chi connectivity index (χ2n) is 10.0. The van der Waals surface area contributed by atoms with E-state index in [0.29, 0.717) is 11.1 Å². The Morgan fingerprint density at radius 2 is 0.735 bits per heavy atom. The van der Waals surface area contributed by atoms with Gasteiger partial charge in [-0.15, -0.1) is 35.4 Å². The van der Waals surface area contributed by atoms with Crippen LogP contribution in [0.5, 0.6) is 0 Å². The summed E-state index contributed by atoms with van der Waals surface area (Å²) in [5.41, 5.74) is 1.18. The summed E-state index contributed by atoms with van der Waals surface area (Å²) < 4.78 is 9.58. The molecule has 0 aromatic heterocycles. The third-order valence-corrected chi connectivity index (χ3v) is 9.16. The summed E-state index contributed by atoms with van der Waals surface area (Å²) in [5.74, 6) is -1.38. The van der Waals surface area contributed by atoms with E-state index < -0.39 is 19.9 Å². The Labute approximate surface area is 301 Å². The molecule has 6 rings (SSSR count). The number of carbonyl (C=O) groups excluding carboxylic acids is 2. The van der Waals surface area contributed by atoms with Crippen molar-refractivity contribution in [2.75, 3.05) is 14.2 Å². The Morgan fingerprint density at radius 1 is 0.449 bits per heavy atom. The molecule has 0 saturated heterocycles. The molecule has 2 radical (unpaired) electrons. The van der Waals surface area contributed by atoms with Crippen LogP contribution in [0.3, 0.4) is 0 Å². The van der Waals surface area contributed by atoms with Crippen molar-refractivity contribution in [1.29, 1.82) is 0 Å². The molecule has 0 bridgehead atoms. The van der Waals surface area contributed by atoms with Crippen LogP contribution in [0.4, 0.5) is 0 Å². The van der Waals surface area contributed by atoms with Gasteiger partial charge in [-0.1, -0.05) is 163 Å². The number of methoxy groups -OCH3 is 2. The van der Waals surface area contributed by atoms with Crippen molar-refractivity contribution >= 4 is 35.8 Å². The topological polar surface area (TPSA) is 52.6 Å². The summed E-state index contributed by atoms with van der Waals surface area (Å²) in [7, 11) is 2.04. The molecule has 5 aromatic carbocycles. The molecule has 246 valence electrons. The molecule has 0 heterocycles. The molecule has 0 N–H and O–H groups in total. The van der Waals surface area contributed by atoms with E-state index in [1.165, 1.54) is 30.1 Å². The van der Waals surface area contributed by atoms with E-state index in [2.05, 4.69) is 103 Å². The molecule has 5 aromatic rings. The quantitative estimate of drug-likeness (QED) is 0.0548. The van der Waals surface area contributed by atoms with Crippen molar-refractivity contribution < 1.29 is 35.8 Å². The molecule has 0 atom stereocenters. The van der Waals surface area contributed by atoms with Gasteiger partial charge in [-0.2, -0.15) is 12.2 Å². The van der Waals surface area contributed by atoms with Crippen LogP contribution in [-0.2, 0) is 35.8 Å². The Kier molecular flexibility index (Phi) is 17.0. The normalized spacial score (nSPS) is 11.7. The maximum absolute atomic E-state index is 12.2. The van der Waals surface area contributed by atoms with Crippen molar-refractivity contribution in [1.82, 2.24) is 0 Å². The van der Waals surface area contributed by atoms with Crippen molar-refractivity contribution in [2.24, 2.45) is 0 Å². The van der Waals surface area contributed by atoms with Crippen molar-refractivity contribution in [3.05, 3.63) is 217 Å². The molecular weight excluding hydrogens is 670 g/mol. The molecular formula is C43H36CoO4P. The van der Waals surface area contributed by atoms with Crippen LogP contribution in [0.2, 0.25) is 0 Å². The van der Waals surface area contributed by atoms with E-state index in [0.717, 1.165) is 0 Å². The number of rotatable bonds is 8. The first kappa shape index (κ1) is 38.4. The van der Waals surface area contributed by atoms with Gasteiger partial charge in [0.25, 0.3) is 0 Å². The Balaban J connectivity index is 0.000000231. The molecule has 1 aliphatic carbocycles. The zero-order chi connectivity index (χ0) is 33.8. The van der Waals surface area contributed by atoms with E-state index in [9.17, 15) is 9.59 Å². The van der Waals surface area contributed by atoms with Crippen LogP contribution >= 0.6 is 7.92 Å². The van der Waals surface area contributed by atoms with Crippen LogP contribution in [-0.4, -0.2) is 26.2 Å². The van der Waals surface area contributed by atoms with Crippen LogP contribution in [0, 0.1) is 18.6 Å². The standard InChI is InChI=1S/C20H16O4.C18H15P.C5H5.Co/c1-23-19(21)17(13-15-9-5-3-6-10-15)18(20(22)24-2)14-16-11-7-4-8-12-16;1-4-10-16(11-5-1)19(17-12-6-2-7-13-17)18-14-8-3-9-15-18;1-2-4-5-3-1;/h3-12H,1-2H3;1-15H;1-5H;/q-2;;;+2. The number of esters is 2. The third kappa shape index (κ3) is 12.5. The molecule has 1 aliphatic rings. The summed E-state index contributed by atoms with van der Waals surface area (Å²) >= 11 is 0. The van der Waals surface area contributed by atoms with Gasteiger partial charge < -0.3 is 19.1 Å². The maximum Gasteiger partial charge on any atom is 2.00 e. The fraction of sp³-hybridized carbons (Fsp3) is 0.0465. The van der Waals surface area contributed by atoms with Crippen molar-refractivity contribution in [3.63, 3.8) is 0 Å². The van der Waals surface area contributed by atoms with Gasteiger partial charge in [-0.3, -0.25) is 0 Å². The van der Waals surface area contributed by atoms with Crippen LogP contribution in [0.15, 0.2) is 187 Å². The molecule has 0 unspecified atom stereocenters. The Bertz CT molecular complexity index is 1650. The van der Waals surface area contributed by atoms with Gasteiger partial charge in [0.2, 0.25) is 11.9 Å². The van der Waals surface area contributed by atoms with Crippen molar-refractivity contribution in [3.8, 4) is 0 Å². The second kappa shape index (κ2) is 21.7. The first-order valence-corrected chi connectivity index (χ1v) is 16.6. The number of benzene rings is 5. The van der Waals surface area contributed by atoms with Gasteiger partial charge in [0.15, 0.2) is 0 Å². The summed E-state index contributed by atoms with van der Waals surface area (Å²) in [6.07, 6.45) is 15.8. The first-order chi connectivity index (χ1) is 23.6. The zero-order valence-electron chi connectivity index (χ0n) is 27.2. The van der Waals surface area contributed by atoms with Gasteiger partial charge >= 0.3 is 16.8 Å². The molecule has 0 fully saturated rings. The average molecular weight is 707 g/mol. The van der Waals surface area contributed by atoms with Crippen LogP contribution < -0.4 is 15.9 Å². The molecule has 0 amide bonds. The summed E-state index contributed by atoms with van der Waals surface area (Å²) in [4.78, 5) is 24.4. The molecule has 4 nitrogen and oxygen atoms in total. The summed E-state index contributed by atoms with van der Waals surface area (Å²) in [6, 6.07) is 50.3. The third-order valence-electron chi connectivity index (χ3n) is 6.71. The predicted molar refractivity (Wildman–Crippen MR) is 196 cm³/mol. The van der Waals surface area contributed by atoms with E-state index in [4.69, 9.17) is 9.47 Å². The minimum absolute atomic E-state index is 0. The minimum Gasteiger partial charge on any atom is -0.506 e. The largest absolute Gasteiger partial charge is 2.00 e. The van der Waals surface area contributed by atoms with E-state index in [1.807, 2.05) is 42.9 Å². The molecule has 0 aliphatic heterocycles. The first-order valence-electron chi connectivity index (χ1n) is 15.3. The fourth-order valence-electron chi connectivity index (χ4n) is 4.47. The van der Waals surface area contributed by atoms with Crippen molar-refractivity contribution in [2.45, 2.75) is 0 Å². The Morgan fingerprint density at radius 3 is 0.980 bits per heavy atom.